The minimum atomic E-state index is -0.0800. The summed E-state index contributed by atoms with van der Waals surface area (Å²) in [5.41, 5.74) is 2.85. The van der Waals surface area contributed by atoms with Crippen LogP contribution in [0.1, 0.15) is 23.3 Å². The lowest BCUT2D eigenvalue weighted by atomic mass is 10.00. The molecule has 19 heavy (non-hydrogen) atoms. The zero-order valence-corrected chi connectivity index (χ0v) is 11.1. The van der Waals surface area contributed by atoms with E-state index >= 15 is 0 Å². The average Bonchev–Trinajstić information content (AvgIpc) is 2.47. The zero-order chi connectivity index (χ0) is 13.7. The Kier molecular flexibility index (Phi) is 4.70. The minimum Gasteiger partial charge on any atom is -0.381 e. The molecule has 104 valence electrons. The summed E-state index contributed by atoms with van der Waals surface area (Å²) in [7, 11) is 1.81. The summed E-state index contributed by atoms with van der Waals surface area (Å²) >= 11 is 0. The molecule has 1 fully saturated rings. The van der Waals surface area contributed by atoms with E-state index in [0.717, 1.165) is 32.6 Å². The first kappa shape index (κ1) is 13.8. The highest BCUT2D eigenvalue weighted by molar-refractivity contribution is 5.92. The van der Waals surface area contributed by atoms with E-state index in [1.54, 1.807) is 23.1 Å². The number of rotatable bonds is 4. The fourth-order valence-electron chi connectivity index (χ4n) is 2.23. The number of hydrogen-bond donors (Lipinski definition) is 2. The number of hydrazine groups is 1. The molecule has 6 heteroatoms. The average molecular weight is 264 g/mol. The number of nitrogen functional groups attached to an aromatic ring is 1. The number of nitrogens with one attached hydrogen (secondary N) is 1. The zero-order valence-electron chi connectivity index (χ0n) is 11.1. The van der Waals surface area contributed by atoms with Gasteiger partial charge in [0.2, 0.25) is 0 Å². The third-order valence-corrected chi connectivity index (χ3v) is 3.34. The van der Waals surface area contributed by atoms with Crippen LogP contribution >= 0.6 is 0 Å². The molecule has 1 aromatic heterocycles. The fourth-order valence-corrected chi connectivity index (χ4v) is 2.23. The standard InChI is InChI=1S/C13H20N4O2/c1-17(9-10-5-7-19-8-6-10)13(18)11-3-2-4-12(15-11)16-14/h2-4,10H,5-9,14H2,1H3,(H,15,16). The molecule has 0 radical (unpaired) electrons. The summed E-state index contributed by atoms with van der Waals surface area (Å²) in [4.78, 5) is 18.1. The molecule has 0 unspecified atom stereocenters. The molecule has 2 heterocycles. The summed E-state index contributed by atoms with van der Waals surface area (Å²) in [6, 6.07) is 5.18. The Morgan fingerprint density at radius 2 is 2.26 bits per heavy atom. The second kappa shape index (κ2) is 6.49. The number of anilines is 1. The molecule has 1 amide bonds. The highest BCUT2D eigenvalue weighted by atomic mass is 16.5. The van der Waals surface area contributed by atoms with E-state index in [1.165, 1.54) is 0 Å². The van der Waals surface area contributed by atoms with Crippen molar-refractivity contribution in [2.45, 2.75) is 12.8 Å². The van der Waals surface area contributed by atoms with Crippen LogP contribution < -0.4 is 11.3 Å². The van der Waals surface area contributed by atoms with Gasteiger partial charge >= 0.3 is 0 Å². The molecular weight excluding hydrogens is 244 g/mol. The fraction of sp³-hybridized carbons (Fsp3) is 0.538. The third kappa shape index (κ3) is 3.65. The second-order valence-electron chi connectivity index (χ2n) is 4.79. The molecule has 0 atom stereocenters. The Morgan fingerprint density at radius 3 is 2.95 bits per heavy atom. The number of nitrogens with two attached hydrogens (primary N) is 1. The number of amides is 1. The number of carbonyl (C=O) groups excluding carboxylic acids is 1. The number of hydrogen-bond acceptors (Lipinski definition) is 5. The number of aromatic nitrogens is 1. The monoisotopic (exact) mass is 264 g/mol. The van der Waals surface area contributed by atoms with Gasteiger partial charge in [0.05, 0.1) is 0 Å². The number of carbonyl (C=O) groups is 1. The van der Waals surface area contributed by atoms with Gasteiger partial charge in [0.25, 0.3) is 5.91 Å². The molecule has 1 saturated heterocycles. The van der Waals surface area contributed by atoms with Gasteiger partial charge in [-0.25, -0.2) is 10.8 Å². The minimum absolute atomic E-state index is 0.0800. The van der Waals surface area contributed by atoms with Crippen LogP contribution in [0.25, 0.3) is 0 Å². The predicted octanol–water partition coefficient (Wildman–Crippen LogP) is 0.866. The van der Waals surface area contributed by atoms with Gasteiger partial charge in [0.1, 0.15) is 11.5 Å². The number of nitrogens with zero attached hydrogens (tertiary/aromatic N) is 2. The molecule has 0 bridgehead atoms. The first-order chi connectivity index (χ1) is 9.20. The van der Waals surface area contributed by atoms with Gasteiger partial charge in [0.15, 0.2) is 0 Å². The van der Waals surface area contributed by atoms with Crippen molar-refractivity contribution in [3.05, 3.63) is 23.9 Å². The van der Waals surface area contributed by atoms with Crippen molar-refractivity contribution in [2.75, 3.05) is 32.2 Å². The Bertz CT molecular complexity index is 432. The van der Waals surface area contributed by atoms with Crippen molar-refractivity contribution < 1.29 is 9.53 Å². The Labute approximate surface area is 112 Å². The SMILES string of the molecule is CN(CC1CCOCC1)C(=O)c1cccc(NN)n1. The van der Waals surface area contributed by atoms with Gasteiger partial charge in [0, 0.05) is 26.8 Å². The van der Waals surface area contributed by atoms with Crippen LogP contribution in [-0.2, 0) is 4.74 Å². The normalized spacial score (nSPS) is 16.1. The van der Waals surface area contributed by atoms with Crippen molar-refractivity contribution >= 4 is 11.7 Å². The molecule has 2 rings (SSSR count). The summed E-state index contributed by atoms with van der Waals surface area (Å²) < 4.78 is 5.32. The van der Waals surface area contributed by atoms with Crippen molar-refractivity contribution in [3.63, 3.8) is 0 Å². The topological polar surface area (TPSA) is 80.5 Å². The molecular formula is C13H20N4O2. The van der Waals surface area contributed by atoms with Crippen molar-refractivity contribution in [1.82, 2.24) is 9.88 Å². The van der Waals surface area contributed by atoms with Crippen LogP contribution in [0.4, 0.5) is 5.82 Å². The number of pyridine rings is 1. The first-order valence-corrected chi connectivity index (χ1v) is 6.47. The van der Waals surface area contributed by atoms with E-state index < -0.39 is 0 Å². The van der Waals surface area contributed by atoms with Crippen molar-refractivity contribution in [1.29, 1.82) is 0 Å². The molecule has 0 saturated carbocycles. The van der Waals surface area contributed by atoms with Crippen LogP contribution in [-0.4, -0.2) is 42.6 Å². The van der Waals surface area contributed by atoms with Crippen molar-refractivity contribution in [3.8, 4) is 0 Å². The van der Waals surface area contributed by atoms with Crippen LogP contribution in [0.15, 0.2) is 18.2 Å². The third-order valence-electron chi connectivity index (χ3n) is 3.34. The molecule has 1 aliphatic rings. The van der Waals surface area contributed by atoms with E-state index in [4.69, 9.17) is 10.6 Å². The largest absolute Gasteiger partial charge is 0.381 e. The lowest BCUT2D eigenvalue weighted by Crippen LogP contribution is -2.34. The van der Waals surface area contributed by atoms with Gasteiger partial charge < -0.3 is 15.1 Å². The van der Waals surface area contributed by atoms with Crippen molar-refractivity contribution in [2.24, 2.45) is 11.8 Å². The van der Waals surface area contributed by atoms with Gasteiger partial charge in [-0.05, 0) is 30.9 Å². The maximum atomic E-state index is 12.3. The second-order valence-corrected chi connectivity index (χ2v) is 4.79. The molecule has 0 aromatic carbocycles. The Morgan fingerprint density at radius 1 is 1.53 bits per heavy atom. The van der Waals surface area contributed by atoms with E-state index in [0.29, 0.717) is 17.4 Å². The predicted molar refractivity (Wildman–Crippen MR) is 72.6 cm³/mol. The highest BCUT2D eigenvalue weighted by Crippen LogP contribution is 2.16. The van der Waals surface area contributed by atoms with E-state index in [2.05, 4.69) is 10.4 Å². The molecule has 3 N–H and O–H groups in total. The molecule has 0 aliphatic carbocycles. The van der Waals surface area contributed by atoms with E-state index in [1.807, 2.05) is 7.05 Å². The Hall–Kier alpha value is -1.66. The Balaban J connectivity index is 1.97. The smallest absolute Gasteiger partial charge is 0.272 e. The summed E-state index contributed by atoms with van der Waals surface area (Å²) in [6.07, 6.45) is 2.02. The van der Waals surface area contributed by atoms with Gasteiger partial charge in [-0.3, -0.25) is 4.79 Å². The highest BCUT2D eigenvalue weighted by Gasteiger charge is 2.20. The van der Waals surface area contributed by atoms with Gasteiger partial charge in [-0.15, -0.1) is 0 Å². The summed E-state index contributed by atoms with van der Waals surface area (Å²) in [5.74, 6) is 6.22. The first-order valence-electron chi connectivity index (χ1n) is 6.47. The van der Waals surface area contributed by atoms with Gasteiger partial charge in [-0.2, -0.15) is 0 Å². The van der Waals surface area contributed by atoms with Gasteiger partial charge in [-0.1, -0.05) is 6.07 Å². The molecule has 1 aromatic rings. The maximum Gasteiger partial charge on any atom is 0.272 e. The quantitative estimate of drug-likeness (QED) is 0.623. The molecule has 0 spiro atoms. The number of ether oxygens (including phenoxy) is 1. The van der Waals surface area contributed by atoms with E-state index in [9.17, 15) is 4.79 Å². The molecule has 6 nitrogen and oxygen atoms in total. The molecule has 1 aliphatic heterocycles. The van der Waals surface area contributed by atoms with Crippen LogP contribution in [0.2, 0.25) is 0 Å². The lowest BCUT2D eigenvalue weighted by Gasteiger charge is -2.27. The summed E-state index contributed by atoms with van der Waals surface area (Å²) in [5, 5.41) is 0. The van der Waals surface area contributed by atoms with E-state index in [-0.39, 0.29) is 5.91 Å². The van der Waals surface area contributed by atoms with Crippen LogP contribution in [0.3, 0.4) is 0 Å². The summed E-state index contributed by atoms with van der Waals surface area (Å²) in [6.45, 7) is 2.32. The van der Waals surface area contributed by atoms with Crippen LogP contribution in [0, 0.1) is 5.92 Å². The van der Waals surface area contributed by atoms with Crippen LogP contribution in [0.5, 0.6) is 0 Å². The lowest BCUT2D eigenvalue weighted by molar-refractivity contribution is 0.0495. The maximum absolute atomic E-state index is 12.3.